The number of hydrogen-bond donors (Lipinski definition) is 3. The van der Waals surface area contributed by atoms with Crippen molar-refractivity contribution in [3.05, 3.63) is 0 Å². The number of aliphatic hydroxyl groups is 1. The fraction of sp³-hybridized carbons (Fsp3) is 0.947. The molecule has 0 spiro atoms. The molecule has 26 heavy (non-hydrogen) atoms. The minimum atomic E-state index is -3.26. The molecule has 0 aromatic rings. The Morgan fingerprint density at radius 2 is 1.62 bits per heavy atom. The van der Waals surface area contributed by atoms with Crippen molar-refractivity contribution >= 4 is 16.0 Å². The number of carbonyl (C=O) groups is 1. The summed E-state index contributed by atoms with van der Waals surface area (Å²) < 4.78 is 26.4. The Labute approximate surface area is 159 Å². The molecule has 1 atom stereocenters. The van der Waals surface area contributed by atoms with Crippen LogP contribution >= 0.6 is 0 Å². The molecular weight excluding hydrogens is 354 g/mol. The van der Waals surface area contributed by atoms with Crippen LogP contribution in [0, 0.1) is 5.41 Å². The molecule has 0 amide bonds. The van der Waals surface area contributed by atoms with Crippen molar-refractivity contribution in [2.45, 2.75) is 97.5 Å². The van der Waals surface area contributed by atoms with Crippen molar-refractivity contribution in [2.75, 3.05) is 12.3 Å². The summed E-state index contributed by atoms with van der Waals surface area (Å²) in [6.45, 7) is 5.94. The summed E-state index contributed by atoms with van der Waals surface area (Å²) in [5.74, 6) is -0.700. The van der Waals surface area contributed by atoms with Gasteiger partial charge in [-0.15, -0.1) is 0 Å². The van der Waals surface area contributed by atoms with Gasteiger partial charge in [0.2, 0.25) is 10.0 Å². The molecule has 3 N–H and O–H groups in total. The van der Waals surface area contributed by atoms with Crippen LogP contribution in [-0.2, 0) is 14.8 Å². The number of carboxylic acids is 1. The highest BCUT2D eigenvalue weighted by atomic mass is 32.2. The Balaban J connectivity index is 3.72. The lowest BCUT2D eigenvalue weighted by molar-refractivity contribution is -0.147. The molecule has 0 fully saturated rings. The van der Waals surface area contributed by atoms with Crippen LogP contribution in [0.3, 0.4) is 0 Å². The van der Waals surface area contributed by atoms with E-state index < -0.39 is 21.4 Å². The van der Waals surface area contributed by atoms with E-state index in [1.54, 1.807) is 13.8 Å². The van der Waals surface area contributed by atoms with Crippen molar-refractivity contribution in [3.63, 3.8) is 0 Å². The summed E-state index contributed by atoms with van der Waals surface area (Å²) in [6.07, 6.45) is 8.62. The van der Waals surface area contributed by atoms with Crippen molar-refractivity contribution in [1.29, 1.82) is 0 Å². The van der Waals surface area contributed by atoms with E-state index in [1.807, 2.05) is 0 Å². The molecular formula is C19H39NO5S. The summed E-state index contributed by atoms with van der Waals surface area (Å²) in [6, 6.07) is 0. The molecule has 0 aliphatic heterocycles. The summed E-state index contributed by atoms with van der Waals surface area (Å²) in [5.41, 5.74) is -0.722. The topological polar surface area (TPSA) is 104 Å². The molecule has 6 nitrogen and oxygen atoms in total. The van der Waals surface area contributed by atoms with Gasteiger partial charge in [0.25, 0.3) is 0 Å². The smallest absolute Gasteiger partial charge is 0.309 e. The fourth-order valence-corrected chi connectivity index (χ4v) is 3.91. The quantitative estimate of drug-likeness (QED) is 0.327. The number of nitrogens with one attached hydrogen (secondary N) is 1. The normalized spacial score (nSPS) is 13.7. The SMILES string of the molecule is CCCCCC(O)CCCCS(=O)(=O)NCCCCCC(C)(C)C(=O)O. The Kier molecular flexibility index (Phi) is 13.2. The second-order valence-corrected chi connectivity index (χ2v) is 9.78. The van der Waals surface area contributed by atoms with Gasteiger partial charge in [-0.05, 0) is 52.4 Å². The number of unbranched alkanes of at least 4 members (excludes halogenated alkanes) is 5. The van der Waals surface area contributed by atoms with E-state index in [1.165, 1.54) is 0 Å². The van der Waals surface area contributed by atoms with E-state index in [4.69, 9.17) is 5.11 Å². The Morgan fingerprint density at radius 1 is 1.00 bits per heavy atom. The van der Waals surface area contributed by atoms with Crippen LogP contribution < -0.4 is 4.72 Å². The Bertz CT molecular complexity index is 476. The van der Waals surface area contributed by atoms with Crippen molar-refractivity contribution in [2.24, 2.45) is 5.41 Å². The molecule has 0 radical (unpaired) electrons. The Morgan fingerprint density at radius 3 is 2.19 bits per heavy atom. The second kappa shape index (κ2) is 13.5. The molecule has 0 saturated carbocycles. The highest BCUT2D eigenvalue weighted by molar-refractivity contribution is 7.89. The van der Waals surface area contributed by atoms with Gasteiger partial charge in [-0.1, -0.05) is 39.0 Å². The van der Waals surface area contributed by atoms with Crippen LogP contribution in [0.25, 0.3) is 0 Å². The van der Waals surface area contributed by atoms with Crippen LogP contribution in [0.15, 0.2) is 0 Å². The molecule has 7 heteroatoms. The standard InChI is InChI=1S/C19H39NO5S/c1-4-5-7-12-17(21)13-8-11-16-26(24,25)20-15-10-6-9-14-19(2,3)18(22)23/h17,20-21H,4-16H2,1-3H3,(H,22,23). The van der Waals surface area contributed by atoms with Gasteiger partial charge in [-0.25, -0.2) is 13.1 Å². The largest absolute Gasteiger partial charge is 0.481 e. The summed E-state index contributed by atoms with van der Waals surface area (Å²) in [7, 11) is -3.26. The predicted molar refractivity (Wildman–Crippen MR) is 106 cm³/mol. The van der Waals surface area contributed by atoms with E-state index >= 15 is 0 Å². The van der Waals surface area contributed by atoms with E-state index in [2.05, 4.69) is 11.6 Å². The van der Waals surface area contributed by atoms with Crippen LogP contribution in [-0.4, -0.2) is 43.0 Å². The van der Waals surface area contributed by atoms with Gasteiger partial charge in [0.15, 0.2) is 0 Å². The lowest BCUT2D eigenvalue weighted by Crippen LogP contribution is -2.27. The minimum absolute atomic E-state index is 0.0979. The molecule has 0 bridgehead atoms. The van der Waals surface area contributed by atoms with Gasteiger partial charge in [-0.3, -0.25) is 4.79 Å². The van der Waals surface area contributed by atoms with E-state index in [9.17, 15) is 18.3 Å². The molecule has 0 rings (SSSR count). The van der Waals surface area contributed by atoms with Gasteiger partial charge in [0, 0.05) is 6.54 Å². The maximum Gasteiger partial charge on any atom is 0.309 e. The lowest BCUT2D eigenvalue weighted by Gasteiger charge is -2.18. The van der Waals surface area contributed by atoms with E-state index in [0.717, 1.165) is 44.9 Å². The number of sulfonamides is 1. The number of carboxylic acid groups (broad SMARTS) is 1. The van der Waals surface area contributed by atoms with E-state index in [-0.39, 0.29) is 11.9 Å². The third-order valence-corrected chi connectivity index (χ3v) is 6.19. The predicted octanol–water partition coefficient (Wildman–Crippen LogP) is 3.69. The first-order valence-electron chi connectivity index (χ1n) is 9.99. The molecule has 0 aromatic carbocycles. The highest BCUT2D eigenvalue weighted by Gasteiger charge is 2.25. The van der Waals surface area contributed by atoms with Crippen LogP contribution in [0.1, 0.15) is 91.4 Å². The van der Waals surface area contributed by atoms with Crippen LogP contribution in [0.2, 0.25) is 0 Å². The fourth-order valence-electron chi connectivity index (χ4n) is 2.72. The van der Waals surface area contributed by atoms with Gasteiger partial charge in [0.05, 0.1) is 17.3 Å². The highest BCUT2D eigenvalue weighted by Crippen LogP contribution is 2.23. The number of rotatable bonds is 17. The first-order chi connectivity index (χ1) is 12.1. The first kappa shape index (κ1) is 25.3. The Hall–Kier alpha value is -0.660. The third kappa shape index (κ3) is 13.5. The average Bonchev–Trinajstić information content (AvgIpc) is 2.55. The second-order valence-electron chi connectivity index (χ2n) is 7.86. The molecule has 0 aromatic heterocycles. The van der Waals surface area contributed by atoms with Crippen LogP contribution in [0.4, 0.5) is 0 Å². The number of hydrogen-bond acceptors (Lipinski definition) is 4. The third-order valence-electron chi connectivity index (χ3n) is 4.72. The van der Waals surface area contributed by atoms with Gasteiger partial charge in [0.1, 0.15) is 0 Å². The molecule has 0 aliphatic rings. The van der Waals surface area contributed by atoms with Crippen LogP contribution in [0.5, 0.6) is 0 Å². The monoisotopic (exact) mass is 393 g/mol. The van der Waals surface area contributed by atoms with Gasteiger partial charge in [-0.2, -0.15) is 0 Å². The maximum atomic E-state index is 11.9. The van der Waals surface area contributed by atoms with Crippen molar-refractivity contribution in [3.8, 4) is 0 Å². The zero-order valence-corrected chi connectivity index (χ0v) is 17.6. The molecule has 156 valence electrons. The summed E-state index contributed by atoms with van der Waals surface area (Å²) in [4.78, 5) is 11.0. The average molecular weight is 394 g/mol. The van der Waals surface area contributed by atoms with E-state index in [0.29, 0.717) is 32.2 Å². The maximum absolute atomic E-state index is 11.9. The molecule has 1 unspecified atom stereocenters. The summed E-state index contributed by atoms with van der Waals surface area (Å²) in [5, 5.41) is 18.9. The van der Waals surface area contributed by atoms with Gasteiger partial charge < -0.3 is 10.2 Å². The minimum Gasteiger partial charge on any atom is -0.481 e. The van der Waals surface area contributed by atoms with Crippen molar-refractivity contribution < 1.29 is 23.4 Å². The molecule has 0 saturated heterocycles. The van der Waals surface area contributed by atoms with Gasteiger partial charge >= 0.3 is 5.97 Å². The summed E-state index contributed by atoms with van der Waals surface area (Å²) >= 11 is 0. The van der Waals surface area contributed by atoms with Crippen molar-refractivity contribution in [1.82, 2.24) is 4.72 Å². The molecule has 0 aliphatic carbocycles. The zero-order valence-electron chi connectivity index (χ0n) is 16.8. The number of aliphatic hydroxyl groups excluding tert-OH is 1. The lowest BCUT2D eigenvalue weighted by atomic mass is 9.87. The molecule has 0 heterocycles. The number of aliphatic carboxylic acids is 1. The first-order valence-corrected chi connectivity index (χ1v) is 11.6. The zero-order chi connectivity index (χ0) is 20.1.